The summed E-state index contributed by atoms with van der Waals surface area (Å²) in [5.74, 6) is 0. The van der Waals surface area contributed by atoms with E-state index in [2.05, 4.69) is 48.0 Å². The van der Waals surface area contributed by atoms with Crippen LogP contribution < -0.4 is 9.80 Å². The normalized spacial score (nSPS) is 25.5. The van der Waals surface area contributed by atoms with Crippen LogP contribution in [0.2, 0.25) is 0 Å². The first-order chi connectivity index (χ1) is 11.6. The van der Waals surface area contributed by atoms with Crippen molar-refractivity contribution >= 4 is 11.4 Å². The number of para-hydroxylation sites is 2. The summed E-state index contributed by atoms with van der Waals surface area (Å²) in [6.07, 6.45) is 2.98. The van der Waals surface area contributed by atoms with Crippen molar-refractivity contribution in [2.75, 3.05) is 49.8 Å². The number of β-amino-alcohol motifs (C(OH)–C–C–N with tert-alkyl or cyclic N) is 1. The molecule has 3 atom stereocenters. The summed E-state index contributed by atoms with van der Waals surface area (Å²) in [6.45, 7) is 5.65. The van der Waals surface area contributed by atoms with E-state index in [1.165, 1.54) is 11.4 Å². The molecule has 1 fully saturated rings. The molecule has 0 bridgehead atoms. The molecule has 0 radical (unpaired) electrons. The van der Waals surface area contributed by atoms with Gasteiger partial charge in [0.2, 0.25) is 0 Å². The van der Waals surface area contributed by atoms with E-state index in [1.54, 1.807) is 0 Å². The van der Waals surface area contributed by atoms with Crippen LogP contribution in [0.25, 0.3) is 0 Å². The molecule has 0 aliphatic carbocycles. The van der Waals surface area contributed by atoms with Crippen LogP contribution in [0.3, 0.4) is 0 Å². The lowest BCUT2D eigenvalue weighted by Gasteiger charge is -2.32. The quantitative estimate of drug-likeness (QED) is 0.865. The van der Waals surface area contributed by atoms with Crippen molar-refractivity contribution in [2.24, 2.45) is 0 Å². The predicted molar refractivity (Wildman–Crippen MR) is 96.9 cm³/mol. The van der Waals surface area contributed by atoms with Gasteiger partial charge in [0, 0.05) is 32.8 Å². The van der Waals surface area contributed by atoms with Crippen molar-refractivity contribution in [2.45, 2.75) is 44.4 Å². The van der Waals surface area contributed by atoms with Crippen LogP contribution in [0.1, 0.15) is 26.2 Å². The number of hydrogen-bond acceptors (Lipinski definition) is 5. The topological polar surface area (TPSA) is 45.2 Å². The summed E-state index contributed by atoms with van der Waals surface area (Å²) in [5, 5.41) is 10.5. The Morgan fingerprint density at radius 3 is 2.83 bits per heavy atom. The first-order valence-electron chi connectivity index (χ1n) is 9.09. The second kappa shape index (κ2) is 8.19. The van der Waals surface area contributed by atoms with Gasteiger partial charge in [-0.2, -0.15) is 0 Å². The molecule has 2 heterocycles. The number of hydrogen-bond donors (Lipinski definition) is 1. The molecule has 134 valence electrons. The van der Waals surface area contributed by atoms with E-state index in [1.807, 2.05) is 0 Å². The molecule has 1 saturated heterocycles. The summed E-state index contributed by atoms with van der Waals surface area (Å²) >= 11 is 0. The van der Waals surface area contributed by atoms with E-state index in [0.717, 1.165) is 32.4 Å². The summed E-state index contributed by atoms with van der Waals surface area (Å²) in [5.41, 5.74) is 2.43. The van der Waals surface area contributed by atoms with Gasteiger partial charge in [0.15, 0.2) is 0 Å². The van der Waals surface area contributed by atoms with Crippen LogP contribution in [0, 0.1) is 0 Å². The van der Waals surface area contributed by atoms with Crippen LogP contribution in [-0.4, -0.2) is 63.3 Å². The van der Waals surface area contributed by atoms with Crippen molar-refractivity contribution < 1.29 is 14.6 Å². The Kier molecular flexibility index (Phi) is 5.98. The number of nitrogens with zero attached hydrogens (tertiary/aromatic N) is 2. The Bertz CT molecular complexity index is 519. The van der Waals surface area contributed by atoms with Gasteiger partial charge in [-0.15, -0.1) is 0 Å². The molecule has 2 aliphatic rings. The largest absolute Gasteiger partial charge is 0.389 e. The number of anilines is 2. The minimum absolute atomic E-state index is 0.212. The Hall–Kier alpha value is -1.30. The zero-order valence-electron chi connectivity index (χ0n) is 14.9. The molecule has 1 aromatic rings. The number of benzene rings is 1. The predicted octanol–water partition coefficient (Wildman–Crippen LogP) is 2.28. The SMILES string of the molecule is CC1CCN(C)c2ccccc2N1CC(O)COCC1CCCO1. The van der Waals surface area contributed by atoms with Crippen molar-refractivity contribution in [3.05, 3.63) is 24.3 Å². The van der Waals surface area contributed by atoms with Gasteiger partial charge in [0.25, 0.3) is 0 Å². The number of ether oxygens (including phenoxy) is 2. The molecule has 0 amide bonds. The number of aliphatic hydroxyl groups is 1. The highest BCUT2D eigenvalue weighted by atomic mass is 16.5. The maximum Gasteiger partial charge on any atom is 0.0948 e. The lowest BCUT2D eigenvalue weighted by atomic mass is 10.1. The average Bonchev–Trinajstić information content (AvgIpc) is 3.07. The third-order valence-corrected chi connectivity index (χ3v) is 5.06. The number of fused-ring (bicyclic) bond motifs is 1. The molecule has 5 heteroatoms. The monoisotopic (exact) mass is 334 g/mol. The van der Waals surface area contributed by atoms with Gasteiger partial charge >= 0.3 is 0 Å². The van der Waals surface area contributed by atoms with E-state index in [0.29, 0.717) is 25.8 Å². The summed E-state index contributed by atoms with van der Waals surface area (Å²) in [7, 11) is 2.14. The lowest BCUT2D eigenvalue weighted by Crippen LogP contribution is -2.40. The van der Waals surface area contributed by atoms with Crippen molar-refractivity contribution in [3.63, 3.8) is 0 Å². The van der Waals surface area contributed by atoms with Gasteiger partial charge in [-0.05, 0) is 38.3 Å². The Morgan fingerprint density at radius 1 is 1.29 bits per heavy atom. The molecule has 5 nitrogen and oxygen atoms in total. The highest BCUT2D eigenvalue weighted by molar-refractivity contribution is 5.72. The van der Waals surface area contributed by atoms with E-state index < -0.39 is 6.10 Å². The Morgan fingerprint density at radius 2 is 2.08 bits per heavy atom. The average molecular weight is 334 g/mol. The van der Waals surface area contributed by atoms with Crippen LogP contribution in [0.15, 0.2) is 24.3 Å². The summed E-state index contributed by atoms with van der Waals surface area (Å²) < 4.78 is 11.2. The summed E-state index contributed by atoms with van der Waals surface area (Å²) in [4.78, 5) is 4.62. The second-order valence-electron chi connectivity index (χ2n) is 7.03. The fraction of sp³-hybridized carbons (Fsp3) is 0.684. The maximum atomic E-state index is 10.5. The standard InChI is InChI=1S/C19H30N2O3/c1-15-9-10-20(2)18-7-3-4-8-19(18)21(15)12-16(22)13-23-14-17-6-5-11-24-17/h3-4,7-8,15-17,22H,5-6,9-14H2,1-2H3. The highest BCUT2D eigenvalue weighted by Crippen LogP contribution is 2.33. The van der Waals surface area contributed by atoms with Crippen LogP contribution in [0.5, 0.6) is 0 Å². The van der Waals surface area contributed by atoms with E-state index in [9.17, 15) is 5.11 Å². The van der Waals surface area contributed by atoms with E-state index >= 15 is 0 Å². The second-order valence-corrected chi connectivity index (χ2v) is 7.03. The first kappa shape index (κ1) is 17.5. The molecule has 1 aromatic carbocycles. The van der Waals surface area contributed by atoms with Crippen LogP contribution in [0.4, 0.5) is 11.4 Å². The maximum absolute atomic E-state index is 10.5. The molecule has 0 saturated carbocycles. The third-order valence-electron chi connectivity index (χ3n) is 5.06. The van der Waals surface area contributed by atoms with E-state index in [-0.39, 0.29) is 6.10 Å². The van der Waals surface area contributed by atoms with Gasteiger partial charge in [0.1, 0.15) is 0 Å². The van der Waals surface area contributed by atoms with Gasteiger partial charge in [-0.1, -0.05) is 12.1 Å². The molecule has 2 aliphatic heterocycles. The fourth-order valence-electron chi connectivity index (χ4n) is 3.59. The third kappa shape index (κ3) is 4.21. The molecule has 0 aromatic heterocycles. The summed E-state index contributed by atoms with van der Waals surface area (Å²) in [6, 6.07) is 8.83. The zero-order chi connectivity index (χ0) is 16.9. The van der Waals surface area contributed by atoms with Gasteiger partial charge < -0.3 is 24.4 Å². The minimum Gasteiger partial charge on any atom is -0.389 e. The smallest absolute Gasteiger partial charge is 0.0948 e. The molecular formula is C19H30N2O3. The lowest BCUT2D eigenvalue weighted by molar-refractivity contribution is -0.0152. The molecule has 1 N–H and O–H groups in total. The van der Waals surface area contributed by atoms with Gasteiger partial charge in [-0.3, -0.25) is 0 Å². The molecule has 24 heavy (non-hydrogen) atoms. The van der Waals surface area contributed by atoms with Gasteiger partial charge in [0.05, 0.1) is 36.8 Å². The van der Waals surface area contributed by atoms with E-state index in [4.69, 9.17) is 9.47 Å². The minimum atomic E-state index is -0.495. The molecular weight excluding hydrogens is 304 g/mol. The zero-order valence-corrected chi connectivity index (χ0v) is 14.9. The number of rotatable bonds is 6. The van der Waals surface area contributed by atoms with Crippen molar-refractivity contribution in [1.29, 1.82) is 0 Å². The first-order valence-corrected chi connectivity index (χ1v) is 9.09. The molecule has 0 spiro atoms. The number of aliphatic hydroxyl groups excluding tert-OH is 1. The Balaban J connectivity index is 1.58. The fourth-order valence-corrected chi connectivity index (χ4v) is 3.59. The van der Waals surface area contributed by atoms with Gasteiger partial charge in [-0.25, -0.2) is 0 Å². The van der Waals surface area contributed by atoms with Crippen LogP contribution in [-0.2, 0) is 9.47 Å². The molecule has 3 unspecified atom stereocenters. The Labute approximate surface area is 145 Å². The van der Waals surface area contributed by atoms with Crippen molar-refractivity contribution in [1.82, 2.24) is 0 Å². The van der Waals surface area contributed by atoms with Crippen LogP contribution >= 0.6 is 0 Å². The van der Waals surface area contributed by atoms with Crippen molar-refractivity contribution in [3.8, 4) is 0 Å². The molecule has 3 rings (SSSR count). The highest BCUT2D eigenvalue weighted by Gasteiger charge is 2.25.